The van der Waals surface area contributed by atoms with Crippen LogP contribution in [-0.4, -0.2) is 58.6 Å². The number of carbonyl (C=O) groups excluding carboxylic acids is 1. The number of alkyl halides is 2. The Kier molecular flexibility index (Phi) is 6.82. The van der Waals surface area contributed by atoms with Crippen molar-refractivity contribution in [3.63, 3.8) is 0 Å². The maximum atomic E-state index is 12.6. The van der Waals surface area contributed by atoms with E-state index in [0.29, 0.717) is 18.2 Å². The van der Waals surface area contributed by atoms with Crippen molar-refractivity contribution < 1.29 is 19.1 Å². The van der Waals surface area contributed by atoms with Gasteiger partial charge < -0.3 is 10.3 Å². The molecular weight excluding hydrogens is 318 g/mol. The molecule has 1 saturated heterocycles. The molecule has 0 aromatic heterocycles. The number of amides is 2. The zero-order chi connectivity index (χ0) is 14.5. The lowest BCUT2D eigenvalue weighted by atomic mass is 10.3. The van der Waals surface area contributed by atoms with E-state index < -0.39 is 19.9 Å². The number of primary amides is 1. The van der Waals surface area contributed by atoms with Gasteiger partial charge in [0, 0.05) is 31.3 Å². The number of nitrogens with two attached hydrogens (primary N) is 1. The number of halogens is 2. The van der Waals surface area contributed by atoms with Crippen LogP contribution in [0.3, 0.4) is 0 Å². The second-order valence-electron chi connectivity index (χ2n) is 3.80. The molecule has 2 atom stereocenters. The van der Waals surface area contributed by atoms with Crippen molar-refractivity contribution in [2.45, 2.75) is 12.6 Å². The number of nitrogens with one attached hydrogen (secondary N) is 1. The molecule has 0 aromatic rings. The van der Waals surface area contributed by atoms with Crippen LogP contribution in [0.15, 0.2) is 0 Å². The molecule has 19 heavy (non-hydrogen) atoms. The van der Waals surface area contributed by atoms with Gasteiger partial charge in [0.05, 0.1) is 6.61 Å². The van der Waals surface area contributed by atoms with Gasteiger partial charge in [-0.15, -0.1) is 23.2 Å². The minimum Gasteiger partial charge on any atom is -0.350 e. The number of hydroxylamine groups is 2. The Morgan fingerprint density at radius 3 is 2.53 bits per heavy atom. The fraction of sp³-hybridized carbons (Fsp3) is 0.875. The van der Waals surface area contributed by atoms with Gasteiger partial charge in [-0.3, -0.25) is 9.77 Å². The maximum Gasteiger partial charge on any atom is 0.345 e. The second kappa shape index (κ2) is 7.64. The Bertz CT molecular complexity index is 356. The average Bonchev–Trinajstić information content (AvgIpc) is 2.37. The number of urea groups is 1. The fourth-order valence-electron chi connectivity index (χ4n) is 1.64. The van der Waals surface area contributed by atoms with Crippen LogP contribution < -0.4 is 10.8 Å². The summed E-state index contributed by atoms with van der Waals surface area (Å²) < 4.78 is 19.4. The van der Waals surface area contributed by atoms with Crippen LogP contribution in [0.2, 0.25) is 0 Å². The highest BCUT2D eigenvalue weighted by molar-refractivity contribution is 7.54. The summed E-state index contributed by atoms with van der Waals surface area (Å²) in [5.74, 6) is 0.491. The van der Waals surface area contributed by atoms with Crippen molar-refractivity contribution in [2.24, 2.45) is 5.73 Å². The van der Waals surface area contributed by atoms with Gasteiger partial charge in [-0.05, 0) is 0 Å². The SMILES string of the molecule is NC(=O)N(O)[C@H]1CCO[P@@](=O)(N(CCCl)CCCl)N1. The van der Waals surface area contributed by atoms with Gasteiger partial charge in [-0.25, -0.2) is 14.6 Å². The van der Waals surface area contributed by atoms with Crippen LogP contribution in [0.1, 0.15) is 6.42 Å². The minimum absolute atomic E-state index is 0.111. The molecule has 4 N–H and O–H groups in total. The van der Waals surface area contributed by atoms with Gasteiger partial charge in [0.25, 0.3) is 0 Å². The molecule has 0 spiro atoms. The zero-order valence-electron chi connectivity index (χ0n) is 10.2. The molecule has 1 aliphatic rings. The van der Waals surface area contributed by atoms with Gasteiger partial charge in [-0.2, -0.15) is 5.06 Å². The predicted octanol–water partition coefficient (Wildman–Crippen LogP) is 0.980. The monoisotopic (exact) mass is 334 g/mol. The van der Waals surface area contributed by atoms with E-state index in [9.17, 15) is 14.6 Å². The maximum absolute atomic E-state index is 12.6. The zero-order valence-corrected chi connectivity index (χ0v) is 12.6. The number of hydrogen-bond acceptors (Lipinski definition) is 4. The summed E-state index contributed by atoms with van der Waals surface area (Å²) in [5, 5.41) is 12.4. The summed E-state index contributed by atoms with van der Waals surface area (Å²) in [5.41, 5.74) is 4.96. The molecule has 0 saturated carbocycles. The van der Waals surface area contributed by atoms with E-state index in [1.165, 1.54) is 4.67 Å². The molecule has 1 fully saturated rings. The van der Waals surface area contributed by atoms with E-state index in [0.717, 1.165) is 0 Å². The standard InChI is InChI=1S/C8H17Cl2N4O4P/c9-2-4-13(5-3-10)19(17)12-7(1-6-18-19)14(16)8(11)15/h7,16H,1-6H2,(H2,11,15)(H,12,17)/t7-,19+/m0/s1. The van der Waals surface area contributed by atoms with Gasteiger partial charge in [0.15, 0.2) is 0 Å². The lowest BCUT2D eigenvalue weighted by molar-refractivity contribution is -0.0893. The molecule has 0 bridgehead atoms. The molecule has 2 amide bonds. The van der Waals surface area contributed by atoms with Gasteiger partial charge >= 0.3 is 13.7 Å². The Balaban J connectivity index is 2.79. The van der Waals surface area contributed by atoms with E-state index in [-0.39, 0.29) is 24.8 Å². The summed E-state index contributed by atoms with van der Waals surface area (Å²) in [6.07, 6.45) is -0.607. The van der Waals surface area contributed by atoms with E-state index in [4.69, 9.17) is 33.5 Å². The van der Waals surface area contributed by atoms with Crippen LogP contribution in [0.25, 0.3) is 0 Å². The third-order valence-corrected chi connectivity index (χ3v) is 5.19. The molecule has 112 valence electrons. The Labute approximate surface area is 121 Å². The Hall–Kier alpha value is -0.0800. The second-order valence-corrected chi connectivity index (χ2v) is 6.68. The highest BCUT2D eigenvalue weighted by Crippen LogP contribution is 2.49. The topological polar surface area (TPSA) is 108 Å². The molecular formula is C8H17Cl2N4O4P. The molecule has 8 nitrogen and oxygen atoms in total. The fourth-order valence-corrected chi connectivity index (χ4v) is 4.38. The molecule has 11 heteroatoms. The summed E-state index contributed by atoms with van der Waals surface area (Å²) in [6.45, 7) is 0.709. The first-order valence-electron chi connectivity index (χ1n) is 5.62. The number of nitrogens with zero attached hydrogens (tertiary/aromatic N) is 2. The lowest BCUT2D eigenvalue weighted by Crippen LogP contribution is -2.52. The summed E-state index contributed by atoms with van der Waals surface area (Å²) in [4.78, 5) is 10.9. The first-order chi connectivity index (χ1) is 8.94. The first kappa shape index (κ1) is 17.0. The smallest absolute Gasteiger partial charge is 0.345 e. The van der Waals surface area contributed by atoms with Crippen LogP contribution in [-0.2, 0) is 9.09 Å². The average molecular weight is 335 g/mol. The van der Waals surface area contributed by atoms with Crippen molar-refractivity contribution in [3.8, 4) is 0 Å². The van der Waals surface area contributed by atoms with E-state index in [2.05, 4.69) is 5.09 Å². The molecule has 1 rings (SSSR count). The van der Waals surface area contributed by atoms with Crippen LogP contribution >= 0.6 is 30.9 Å². The molecule has 0 unspecified atom stereocenters. The molecule has 0 radical (unpaired) electrons. The predicted molar refractivity (Wildman–Crippen MR) is 71.3 cm³/mol. The van der Waals surface area contributed by atoms with Crippen molar-refractivity contribution in [1.29, 1.82) is 0 Å². The summed E-state index contributed by atoms with van der Waals surface area (Å²) >= 11 is 11.3. The largest absolute Gasteiger partial charge is 0.350 e. The normalized spacial score (nSPS) is 27.5. The van der Waals surface area contributed by atoms with Crippen molar-refractivity contribution >= 4 is 36.9 Å². The number of rotatable bonds is 6. The van der Waals surface area contributed by atoms with E-state index >= 15 is 0 Å². The van der Waals surface area contributed by atoms with Crippen LogP contribution in [0.5, 0.6) is 0 Å². The summed E-state index contributed by atoms with van der Waals surface area (Å²) in [7, 11) is -3.40. The molecule has 0 aliphatic carbocycles. The third-order valence-electron chi connectivity index (χ3n) is 2.55. The highest BCUT2D eigenvalue weighted by Gasteiger charge is 2.39. The minimum atomic E-state index is -3.40. The highest BCUT2D eigenvalue weighted by atomic mass is 35.5. The lowest BCUT2D eigenvalue weighted by Gasteiger charge is -2.38. The van der Waals surface area contributed by atoms with Gasteiger partial charge in [0.2, 0.25) is 0 Å². The van der Waals surface area contributed by atoms with Crippen molar-refractivity contribution in [1.82, 2.24) is 14.8 Å². The quantitative estimate of drug-likeness (QED) is 0.289. The first-order valence-corrected chi connectivity index (χ1v) is 8.26. The van der Waals surface area contributed by atoms with Crippen molar-refractivity contribution in [3.05, 3.63) is 0 Å². The molecule has 1 heterocycles. The van der Waals surface area contributed by atoms with E-state index in [1.54, 1.807) is 0 Å². The molecule has 1 aliphatic heterocycles. The van der Waals surface area contributed by atoms with Crippen LogP contribution in [0.4, 0.5) is 4.79 Å². The van der Waals surface area contributed by atoms with Gasteiger partial charge in [-0.1, -0.05) is 0 Å². The third kappa shape index (κ3) is 4.46. The molecule has 0 aromatic carbocycles. The Morgan fingerprint density at radius 2 is 2.05 bits per heavy atom. The van der Waals surface area contributed by atoms with Crippen molar-refractivity contribution in [2.75, 3.05) is 31.5 Å². The Morgan fingerprint density at radius 1 is 1.47 bits per heavy atom. The van der Waals surface area contributed by atoms with E-state index in [1.807, 2.05) is 0 Å². The number of hydrogen-bond donors (Lipinski definition) is 3. The summed E-state index contributed by atoms with van der Waals surface area (Å²) in [6, 6.07) is -1.04. The van der Waals surface area contributed by atoms with Crippen LogP contribution in [0, 0.1) is 0 Å². The van der Waals surface area contributed by atoms with Gasteiger partial charge in [0.1, 0.15) is 6.17 Å². The number of carbonyl (C=O) groups is 1.